The van der Waals surface area contributed by atoms with E-state index in [-0.39, 0.29) is 23.8 Å². The standard InChI is InChI=1S/C27H21F4N3O3S/c28-18-14-15(7-9-19(32)24(35)37-25(36)27(29,30)31)6-8-17(18)22-33-20-10-11-21(34-23(20)38-22)26(12-13-26)16-4-2-1-3-5-16/h1-6,8,10-11,14,19H,7,9,12-13,32H2/t19-/m1/s1. The molecule has 1 aliphatic rings. The highest BCUT2D eigenvalue weighted by Gasteiger charge is 2.47. The molecular weight excluding hydrogens is 522 g/mol. The number of benzene rings is 2. The molecule has 0 aliphatic heterocycles. The smallest absolute Gasteiger partial charge is 0.385 e. The van der Waals surface area contributed by atoms with Crippen LogP contribution in [0.2, 0.25) is 0 Å². The monoisotopic (exact) mass is 543 g/mol. The number of nitrogens with two attached hydrogens (primary N) is 1. The number of thiazole rings is 1. The summed E-state index contributed by atoms with van der Waals surface area (Å²) in [6, 6.07) is 17.0. The average molecular weight is 544 g/mol. The van der Waals surface area contributed by atoms with Crippen molar-refractivity contribution in [1.82, 2.24) is 9.97 Å². The number of halogens is 4. The molecule has 0 bridgehead atoms. The molecule has 0 amide bonds. The van der Waals surface area contributed by atoms with Gasteiger partial charge < -0.3 is 10.5 Å². The van der Waals surface area contributed by atoms with Crippen LogP contribution in [-0.2, 0) is 26.2 Å². The van der Waals surface area contributed by atoms with Gasteiger partial charge in [-0.15, -0.1) is 0 Å². The van der Waals surface area contributed by atoms with E-state index in [2.05, 4.69) is 21.9 Å². The highest BCUT2D eigenvalue weighted by atomic mass is 32.1. The lowest BCUT2D eigenvalue weighted by Crippen LogP contribution is -2.37. The van der Waals surface area contributed by atoms with Gasteiger partial charge in [0.1, 0.15) is 27.2 Å². The molecule has 1 atom stereocenters. The fourth-order valence-corrected chi connectivity index (χ4v) is 5.29. The van der Waals surface area contributed by atoms with Gasteiger partial charge in [-0.1, -0.05) is 47.7 Å². The normalized spacial score (nSPS) is 15.3. The molecule has 5 rings (SSSR count). The van der Waals surface area contributed by atoms with Gasteiger partial charge in [-0.05, 0) is 61.1 Å². The fraction of sp³-hybridized carbons (Fsp3) is 0.259. The highest BCUT2D eigenvalue weighted by molar-refractivity contribution is 7.21. The van der Waals surface area contributed by atoms with Crippen LogP contribution in [0.25, 0.3) is 20.9 Å². The maximum Gasteiger partial charge on any atom is 0.491 e. The van der Waals surface area contributed by atoms with Crippen molar-refractivity contribution in [1.29, 1.82) is 0 Å². The van der Waals surface area contributed by atoms with Crippen molar-refractivity contribution in [3.63, 3.8) is 0 Å². The molecule has 1 aliphatic carbocycles. The molecule has 196 valence electrons. The van der Waals surface area contributed by atoms with E-state index in [1.807, 2.05) is 30.3 Å². The Kier molecular flexibility index (Phi) is 6.74. The zero-order valence-electron chi connectivity index (χ0n) is 19.8. The largest absolute Gasteiger partial charge is 0.491 e. The van der Waals surface area contributed by atoms with Crippen LogP contribution < -0.4 is 5.73 Å². The molecule has 0 unspecified atom stereocenters. The van der Waals surface area contributed by atoms with E-state index in [1.54, 1.807) is 12.1 Å². The Hall–Kier alpha value is -3.70. The second kappa shape index (κ2) is 9.88. The number of hydrogen-bond acceptors (Lipinski definition) is 7. The number of carbonyl (C=O) groups is 2. The lowest BCUT2D eigenvalue weighted by atomic mass is 9.92. The van der Waals surface area contributed by atoms with Gasteiger partial charge in [-0.3, -0.25) is 0 Å². The third-order valence-electron chi connectivity index (χ3n) is 6.56. The number of pyridine rings is 1. The van der Waals surface area contributed by atoms with Gasteiger partial charge in [0.05, 0.1) is 5.69 Å². The van der Waals surface area contributed by atoms with Gasteiger partial charge in [0.25, 0.3) is 0 Å². The van der Waals surface area contributed by atoms with Crippen molar-refractivity contribution in [2.75, 3.05) is 0 Å². The maximum absolute atomic E-state index is 15.0. The number of rotatable bonds is 7. The zero-order chi connectivity index (χ0) is 27.1. The summed E-state index contributed by atoms with van der Waals surface area (Å²) >= 11 is 1.29. The van der Waals surface area contributed by atoms with Crippen molar-refractivity contribution in [3.8, 4) is 10.6 Å². The minimum Gasteiger partial charge on any atom is -0.385 e. The van der Waals surface area contributed by atoms with E-state index in [9.17, 15) is 22.8 Å². The third kappa shape index (κ3) is 5.16. The Morgan fingerprint density at radius 1 is 1.05 bits per heavy atom. The number of aryl methyl sites for hydroxylation is 1. The molecule has 2 aromatic carbocycles. The topological polar surface area (TPSA) is 95.2 Å². The molecule has 1 saturated carbocycles. The molecule has 0 spiro atoms. The number of fused-ring (bicyclic) bond motifs is 1. The van der Waals surface area contributed by atoms with E-state index >= 15 is 4.39 Å². The molecule has 0 radical (unpaired) electrons. The highest BCUT2D eigenvalue weighted by Crippen LogP contribution is 2.53. The number of alkyl halides is 3. The first-order valence-electron chi connectivity index (χ1n) is 11.8. The summed E-state index contributed by atoms with van der Waals surface area (Å²) < 4.78 is 55.5. The van der Waals surface area contributed by atoms with Gasteiger partial charge in [-0.2, -0.15) is 13.2 Å². The predicted octanol–water partition coefficient (Wildman–Crippen LogP) is 5.47. The van der Waals surface area contributed by atoms with Crippen molar-refractivity contribution >= 4 is 33.6 Å². The number of nitrogens with zero attached hydrogens (tertiary/aromatic N) is 2. The first kappa shape index (κ1) is 25.9. The fourth-order valence-electron chi connectivity index (χ4n) is 4.33. The predicted molar refractivity (Wildman–Crippen MR) is 133 cm³/mol. The van der Waals surface area contributed by atoms with Gasteiger partial charge in [-0.25, -0.2) is 23.9 Å². The van der Waals surface area contributed by atoms with Crippen LogP contribution in [0.5, 0.6) is 0 Å². The summed E-state index contributed by atoms with van der Waals surface area (Å²) in [4.78, 5) is 32.5. The second-order valence-corrected chi connectivity index (χ2v) is 10.1. The number of hydrogen-bond donors (Lipinski definition) is 1. The molecule has 2 aromatic heterocycles. The number of ether oxygens (including phenoxy) is 1. The van der Waals surface area contributed by atoms with Crippen molar-refractivity contribution in [3.05, 3.63) is 83.3 Å². The molecular formula is C27H21F4N3O3S. The van der Waals surface area contributed by atoms with Crippen LogP contribution in [0.4, 0.5) is 17.6 Å². The van der Waals surface area contributed by atoms with Crippen LogP contribution >= 0.6 is 11.3 Å². The minimum absolute atomic E-state index is 0.0833. The van der Waals surface area contributed by atoms with Gasteiger partial charge >= 0.3 is 18.1 Å². The Morgan fingerprint density at radius 2 is 1.79 bits per heavy atom. The first-order valence-corrected chi connectivity index (χ1v) is 12.6. The molecule has 0 saturated heterocycles. The van der Waals surface area contributed by atoms with E-state index in [1.165, 1.54) is 23.0 Å². The number of aromatic nitrogens is 2. The zero-order valence-corrected chi connectivity index (χ0v) is 20.6. The van der Waals surface area contributed by atoms with E-state index < -0.39 is 30.0 Å². The Balaban J connectivity index is 1.29. The SMILES string of the molecule is N[C@H](CCc1ccc(-c2nc3ccc(C4(c5ccccc5)CC4)nc3s2)c(F)c1)C(=O)OC(=O)C(F)(F)F. The van der Waals surface area contributed by atoms with Crippen molar-refractivity contribution in [2.45, 2.75) is 43.3 Å². The summed E-state index contributed by atoms with van der Waals surface area (Å²) in [7, 11) is 0. The van der Waals surface area contributed by atoms with Crippen molar-refractivity contribution < 1.29 is 31.9 Å². The molecule has 38 heavy (non-hydrogen) atoms. The second-order valence-electron chi connectivity index (χ2n) is 9.15. The average Bonchev–Trinajstić information content (AvgIpc) is 3.60. The summed E-state index contributed by atoms with van der Waals surface area (Å²) in [6.45, 7) is 0. The quantitative estimate of drug-likeness (QED) is 0.189. The summed E-state index contributed by atoms with van der Waals surface area (Å²) in [5, 5.41) is 0.462. The van der Waals surface area contributed by atoms with E-state index in [0.29, 0.717) is 20.9 Å². The summed E-state index contributed by atoms with van der Waals surface area (Å²) in [5.41, 5.74) is 9.04. The molecule has 6 nitrogen and oxygen atoms in total. The van der Waals surface area contributed by atoms with Gasteiger partial charge in [0.2, 0.25) is 0 Å². The Morgan fingerprint density at radius 3 is 2.45 bits per heavy atom. The van der Waals surface area contributed by atoms with E-state index in [4.69, 9.17) is 10.7 Å². The lowest BCUT2D eigenvalue weighted by molar-refractivity contribution is -0.202. The molecule has 11 heteroatoms. The van der Waals surface area contributed by atoms with Crippen LogP contribution in [0, 0.1) is 5.82 Å². The van der Waals surface area contributed by atoms with Crippen molar-refractivity contribution in [2.24, 2.45) is 5.73 Å². The van der Waals surface area contributed by atoms with Crippen LogP contribution in [0.15, 0.2) is 60.7 Å². The first-order chi connectivity index (χ1) is 18.1. The molecule has 2 heterocycles. The summed E-state index contributed by atoms with van der Waals surface area (Å²) in [5.74, 6) is -4.67. The number of esters is 2. The maximum atomic E-state index is 15.0. The molecule has 4 aromatic rings. The van der Waals surface area contributed by atoms with Crippen LogP contribution in [0.3, 0.4) is 0 Å². The molecule has 2 N–H and O–H groups in total. The Bertz CT molecular complexity index is 1520. The minimum atomic E-state index is -5.30. The summed E-state index contributed by atoms with van der Waals surface area (Å²) in [6.07, 6.45) is -3.33. The third-order valence-corrected chi connectivity index (χ3v) is 7.56. The van der Waals surface area contributed by atoms with Crippen LogP contribution in [0.1, 0.15) is 36.1 Å². The molecule has 1 fully saturated rings. The van der Waals surface area contributed by atoms with E-state index in [0.717, 1.165) is 18.5 Å². The van der Waals surface area contributed by atoms with Crippen LogP contribution in [-0.4, -0.2) is 34.1 Å². The Labute approximate surface area is 218 Å². The number of carbonyl (C=O) groups excluding carboxylic acids is 2. The van der Waals surface area contributed by atoms with Gasteiger partial charge in [0.15, 0.2) is 0 Å². The van der Waals surface area contributed by atoms with Gasteiger partial charge in [0, 0.05) is 11.0 Å². The lowest BCUT2D eigenvalue weighted by Gasteiger charge is -2.14.